The number of halogens is 1. The minimum atomic E-state index is -0.517. The molecule has 1 rings (SSSR count). The zero-order valence-electron chi connectivity index (χ0n) is 13.2. The van der Waals surface area contributed by atoms with Crippen LogP contribution >= 0.6 is 15.9 Å². The third kappa shape index (κ3) is 4.88. The average Bonchev–Trinajstić information content (AvgIpc) is 2.78. The molecule has 0 fully saturated rings. The first-order valence-corrected chi connectivity index (χ1v) is 7.95. The first kappa shape index (κ1) is 17.8. The second-order valence-electron chi connectivity index (χ2n) is 5.81. The number of carbonyl (C=O) groups excluding carboxylic acids is 2. The predicted molar refractivity (Wildman–Crippen MR) is 87.3 cm³/mol. The van der Waals surface area contributed by atoms with Crippen molar-refractivity contribution in [3.05, 3.63) is 22.4 Å². The third-order valence-corrected chi connectivity index (χ3v) is 3.61. The fourth-order valence-corrected chi connectivity index (χ4v) is 2.60. The van der Waals surface area contributed by atoms with Crippen LogP contribution in [0.3, 0.4) is 0 Å². The molecule has 0 saturated carbocycles. The Bertz CT molecular complexity index is 509. The van der Waals surface area contributed by atoms with Crippen molar-refractivity contribution >= 4 is 27.7 Å². The van der Waals surface area contributed by atoms with E-state index in [0.29, 0.717) is 18.0 Å². The van der Waals surface area contributed by atoms with E-state index in [1.807, 2.05) is 38.5 Å². The van der Waals surface area contributed by atoms with Crippen LogP contribution in [0.25, 0.3) is 0 Å². The van der Waals surface area contributed by atoms with Gasteiger partial charge in [-0.2, -0.15) is 0 Å². The maximum atomic E-state index is 12.5. The Morgan fingerprint density at radius 1 is 1.29 bits per heavy atom. The van der Waals surface area contributed by atoms with Crippen molar-refractivity contribution in [3.8, 4) is 0 Å². The lowest BCUT2D eigenvalue weighted by molar-refractivity contribution is -0.122. The highest BCUT2D eigenvalue weighted by molar-refractivity contribution is 9.10. The second-order valence-corrected chi connectivity index (χ2v) is 6.73. The van der Waals surface area contributed by atoms with Gasteiger partial charge in [-0.25, -0.2) is 0 Å². The highest BCUT2D eigenvalue weighted by atomic mass is 79.9. The molecule has 0 bridgehead atoms. The minimum Gasteiger partial charge on any atom is -0.357 e. The number of nitrogens with zero attached hydrogens (tertiary/aromatic N) is 1. The maximum Gasteiger partial charge on any atom is 0.268 e. The number of likely N-dealkylation sites (N-methyl/N-ethyl adjacent to an activating group) is 1. The van der Waals surface area contributed by atoms with Gasteiger partial charge < -0.3 is 15.2 Å². The first-order chi connectivity index (χ1) is 9.76. The van der Waals surface area contributed by atoms with Crippen LogP contribution in [0.5, 0.6) is 0 Å². The highest BCUT2D eigenvalue weighted by Gasteiger charge is 2.23. The lowest BCUT2D eigenvalue weighted by atomic mass is 10.0. The molecule has 2 amide bonds. The van der Waals surface area contributed by atoms with Crippen molar-refractivity contribution in [2.24, 2.45) is 5.92 Å². The summed E-state index contributed by atoms with van der Waals surface area (Å²) in [6, 6.07) is 1.42. The molecule has 21 heavy (non-hydrogen) atoms. The van der Waals surface area contributed by atoms with Crippen LogP contribution in [0, 0.1) is 5.92 Å². The standard InChI is InChI=1S/C15H24BrN3O2/c1-9(2)6-12(14(20)17-5)18-15(21)13-7-11(16)8-19(13)10(3)4/h7-10,12H,6H2,1-5H3,(H,17,20)(H,18,21). The zero-order chi connectivity index (χ0) is 16.2. The van der Waals surface area contributed by atoms with Gasteiger partial charge >= 0.3 is 0 Å². The zero-order valence-corrected chi connectivity index (χ0v) is 14.8. The molecule has 6 heteroatoms. The molecule has 0 saturated heterocycles. The smallest absolute Gasteiger partial charge is 0.268 e. The van der Waals surface area contributed by atoms with Gasteiger partial charge in [0.1, 0.15) is 11.7 Å². The summed E-state index contributed by atoms with van der Waals surface area (Å²) in [5, 5.41) is 5.43. The van der Waals surface area contributed by atoms with E-state index in [-0.39, 0.29) is 17.9 Å². The Morgan fingerprint density at radius 3 is 2.38 bits per heavy atom. The number of nitrogens with one attached hydrogen (secondary N) is 2. The average molecular weight is 358 g/mol. The number of hydrogen-bond acceptors (Lipinski definition) is 2. The van der Waals surface area contributed by atoms with Gasteiger partial charge in [0.25, 0.3) is 5.91 Å². The summed E-state index contributed by atoms with van der Waals surface area (Å²) >= 11 is 3.39. The summed E-state index contributed by atoms with van der Waals surface area (Å²) in [5.41, 5.74) is 0.550. The van der Waals surface area contributed by atoms with E-state index < -0.39 is 6.04 Å². The van der Waals surface area contributed by atoms with Crippen molar-refractivity contribution in [2.75, 3.05) is 7.05 Å². The number of hydrogen-bond donors (Lipinski definition) is 2. The normalized spacial score (nSPS) is 12.6. The fourth-order valence-electron chi connectivity index (χ4n) is 2.16. The van der Waals surface area contributed by atoms with E-state index in [1.54, 1.807) is 13.1 Å². The van der Waals surface area contributed by atoms with E-state index >= 15 is 0 Å². The number of carbonyl (C=O) groups is 2. The SMILES string of the molecule is CNC(=O)C(CC(C)C)NC(=O)c1cc(Br)cn1C(C)C. The molecule has 0 spiro atoms. The van der Waals surface area contributed by atoms with Crippen LogP contribution in [0.2, 0.25) is 0 Å². The second kappa shape index (κ2) is 7.64. The monoisotopic (exact) mass is 357 g/mol. The summed E-state index contributed by atoms with van der Waals surface area (Å²) in [5.74, 6) is -0.0846. The van der Waals surface area contributed by atoms with Crippen molar-refractivity contribution in [1.82, 2.24) is 15.2 Å². The summed E-state index contributed by atoms with van der Waals surface area (Å²) in [6.45, 7) is 8.06. The van der Waals surface area contributed by atoms with Gasteiger partial charge in [0, 0.05) is 23.8 Å². The fraction of sp³-hybridized carbons (Fsp3) is 0.600. The highest BCUT2D eigenvalue weighted by Crippen LogP contribution is 2.19. The molecule has 118 valence electrons. The predicted octanol–water partition coefficient (Wildman–Crippen LogP) is 2.72. The molecule has 0 radical (unpaired) electrons. The quantitative estimate of drug-likeness (QED) is 0.821. The van der Waals surface area contributed by atoms with E-state index in [2.05, 4.69) is 26.6 Å². The Hall–Kier alpha value is -1.30. The van der Waals surface area contributed by atoms with Crippen LogP contribution in [0.1, 0.15) is 50.6 Å². The lowest BCUT2D eigenvalue weighted by Gasteiger charge is -2.20. The van der Waals surface area contributed by atoms with Gasteiger partial charge in [-0.1, -0.05) is 13.8 Å². The van der Waals surface area contributed by atoms with E-state index in [4.69, 9.17) is 0 Å². The van der Waals surface area contributed by atoms with E-state index in [9.17, 15) is 9.59 Å². The van der Waals surface area contributed by atoms with Crippen LogP contribution in [-0.4, -0.2) is 29.5 Å². The molecule has 1 unspecified atom stereocenters. The molecule has 5 nitrogen and oxygen atoms in total. The first-order valence-electron chi connectivity index (χ1n) is 7.16. The van der Waals surface area contributed by atoms with Crippen LogP contribution in [0.15, 0.2) is 16.7 Å². The van der Waals surface area contributed by atoms with E-state index in [0.717, 1.165) is 4.47 Å². The Kier molecular flexibility index (Phi) is 6.45. The van der Waals surface area contributed by atoms with Crippen molar-refractivity contribution < 1.29 is 9.59 Å². The van der Waals surface area contributed by atoms with Crippen molar-refractivity contribution in [1.29, 1.82) is 0 Å². The molecule has 0 aliphatic carbocycles. The molecule has 1 atom stereocenters. The Labute approximate surface area is 134 Å². The number of rotatable bonds is 6. The van der Waals surface area contributed by atoms with Gasteiger partial charge in [0.05, 0.1) is 0 Å². The molecule has 2 N–H and O–H groups in total. The maximum absolute atomic E-state index is 12.5. The van der Waals surface area contributed by atoms with Gasteiger partial charge in [-0.3, -0.25) is 9.59 Å². The summed E-state index contributed by atoms with van der Waals surface area (Å²) < 4.78 is 2.73. The topological polar surface area (TPSA) is 63.1 Å². The van der Waals surface area contributed by atoms with Gasteiger partial charge in [0.15, 0.2) is 0 Å². The molecule has 0 aliphatic heterocycles. The van der Waals surface area contributed by atoms with Gasteiger partial charge in [-0.15, -0.1) is 0 Å². The molecule has 0 aromatic carbocycles. The van der Waals surface area contributed by atoms with Crippen LogP contribution < -0.4 is 10.6 Å². The molecule has 0 aliphatic rings. The third-order valence-electron chi connectivity index (χ3n) is 3.18. The lowest BCUT2D eigenvalue weighted by Crippen LogP contribution is -2.46. The van der Waals surface area contributed by atoms with Gasteiger partial charge in [-0.05, 0) is 48.2 Å². The van der Waals surface area contributed by atoms with Crippen LogP contribution in [-0.2, 0) is 4.79 Å². The molecule has 1 aromatic rings. The number of aromatic nitrogens is 1. The molecular formula is C15H24BrN3O2. The Balaban J connectivity index is 2.94. The van der Waals surface area contributed by atoms with Crippen molar-refractivity contribution in [2.45, 2.75) is 46.2 Å². The Morgan fingerprint density at radius 2 is 1.90 bits per heavy atom. The molecular weight excluding hydrogens is 334 g/mol. The minimum absolute atomic E-state index is 0.167. The molecule has 1 heterocycles. The van der Waals surface area contributed by atoms with E-state index in [1.165, 1.54) is 0 Å². The van der Waals surface area contributed by atoms with Crippen molar-refractivity contribution in [3.63, 3.8) is 0 Å². The molecule has 1 aromatic heterocycles. The number of amides is 2. The van der Waals surface area contributed by atoms with Crippen LogP contribution in [0.4, 0.5) is 0 Å². The summed E-state index contributed by atoms with van der Waals surface area (Å²) in [6.07, 6.45) is 2.48. The summed E-state index contributed by atoms with van der Waals surface area (Å²) in [7, 11) is 1.58. The summed E-state index contributed by atoms with van der Waals surface area (Å²) in [4.78, 5) is 24.4. The van der Waals surface area contributed by atoms with Gasteiger partial charge in [0.2, 0.25) is 5.91 Å². The largest absolute Gasteiger partial charge is 0.357 e.